The van der Waals surface area contributed by atoms with Gasteiger partial charge in [-0.05, 0) is 30.7 Å². The highest BCUT2D eigenvalue weighted by Gasteiger charge is 2.20. The molecule has 0 atom stereocenters. The van der Waals surface area contributed by atoms with Crippen molar-refractivity contribution in [3.8, 4) is 5.69 Å². The molecule has 0 N–H and O–H groups in total. The smallest absolute Gasteiger partial charge is 0.255 e. The highest BCUT2D eigenvalue weighted by molar-refractivity contribution is 9.10. The van der Waals surface area contributed by atoms with Crippen molar-refractivity contribution in [3.63, 3.8) is 0 Å². The fourth-order valence-corrected chi connectivity index (χ4v) is 3.51. The lowest BCUT2D eigenvalue weighted by molar-refractivity contribution is -0.131. The normalized spacial score (nSPS) is 11.6. The zero-order valence-electron chi connectivity index (χ0n) is 18.6. The van der Waals surface area contributed by atoms with Crippen molar-refractivity contribution >= 4 is 27.7 Å². The molecule has 0 radical (unpaired) electrons. The van der Waals surface area contributed by atoms with Crippen molar-refractivity contribution in [2.45, 2.75) is 20.8 Å². The SMILES string of the molecule is CN(CC(=O)N(C)CCN(C)C(=O)c1ccc(Br)cc1-n1cncn1)CC(C)(C)C. The van der Waals surface area contributed by atoms with Gasteiger partial charge in [0.1, 0.15) is 12.7 Å². The van der Waals surface area contributed by atoms with Gasteiger partial charge < -0.3 is 9.80 Å². The highest BCUT2D eigenvalue weighted by Crippen LogP contribution is 2.21. The summed E-state index contributed by atoms with van der Waals surface area (Å²) in [6.07, 6.45) is 2.98. The van der Waals surface area contributed by atoms with Crippen LogP contribution in [0.15, 0.2) is 35.3 Å². The summed E-state index contributed by atoms with van der Waals surface area (Å²) in [7, 11) is 5.46. The second kappa shape index (κ2) is 10.2. The summed E-state index contributed by atoms with van der Waals surface area (Å²) in [4.78, 5) is 34.8. The second-order valence-corrected chi connectivity index (χ2v) is 9.69. The first-order chi connectivity index (χ1) is 14.0. The van der Waals surface area contributed by atoms with Crippen LogP contribution >= 0.6 is 15.9 Å². The Kier molecular flexibility index (Phi) is 8.14. The average molecular weight is 479 g/mol. The average Bonchev–Trinajstić information content (AvgIpc) is 3.18. The van der Waals surface area contributed by atoms with E-state index in [1.165, 1.54) is 6.33 Å². The van der Waals surface area contributed by atoms with Crippen LogP contribution in [0.4, 0.5) is 0 Å². The van der Waals surface area contributed by atoms with Gasteiger partial charge in [0.15, 0.2) is 0 Å². The third kappa shape index (κ3) is 6.91. The number of benzene rings is 1. The van der Waals surface area contributed by atoms with Crippen LogP contribution in [0.25, 0.3) is 5.69 Å². The Morgan fingerprint density at radius 3 is 2.37 bits per heavy atom. The molecule has 2 amide bonds. The number of hydrogen-bond donors (Lipinski definition) is 0. The van der Waals surface area contributed by atoms with E-state index < -0.39 is 0 Å². The number of hydrogen-bond acceptors (Lipinski definition) is 5. The molecule has 0 fully saturated rings. The van der Waals surface area contributed by atoms with Crippen LogP contribution in [-0.4, -0.2) is 88.6 Å². The lowest BCUT2D eigenvalue weighted by atomic mass is 9.96. The number of rotatable bonds is 8. The molecule has 8 nitrogen and oxygen atoms in total. The molecule has 0 bridgehead atoms. The van der Waals surface area contributed by atoms with Gasteiger partial charge >= 0.3 is 0 Å². The van der Waals surface area contributed by atoms with Gasteiger partial charge in [-0.3, -0.25) is 14.5 Å². The van der Waals surface area contributed by atoms with Crippen molar-refractivity contribution < 1.29 is 9.59 Å². The molecule has 1 aromatic heterocycles. The van der Waals surface area contributed by atoms with Crippen LogP contribution in [0.3, 0.4) is 0 Å². The van der Waals surface area contributed by atoms with E-state index in [4.69, 9.17) is 0 Å². The van der Waals surface area contributed by atoms with Gasteiger partial charge in [-0.25, -0.2) is 9.67 Å². The minimum atomic E-state index is -0.140. The van der Waals surface area contributed by atoms with E-state index in [-0.39, 0.29) is 17.2 Å². The molecule has 164 valence electrons. The Morgan fingerprint density at radius 2 is 1.77 bits per heavy atom. The Balaban J connectivity index is 1.98. The minimum Gasteiger partial charge on any atom is -0.343 e. The van der Waals surface area contributed by atoms with Crippen LogP contribution in [0, 0.1) is 5.41 Å². The molecule has 0 aliphatic carbocycles. The molecule has 2 aromatic rings. The third-order valence-electron chi connectivity index (χ3n) is 4.55. The molecule has 9 heteroatoms. The fourth-order valence-electron chi connectivity index (χ4n) is 3.16. The Hall–Kier alpha value is -2.26. The second-order valence-electron chi connectivity index (χ2n) is 8.78. The summed E-state index contributed by atoms with van der Waals surface area (Å²) in [5, 5.41) is 4.14. The van der Waals surface area contributed by atoms with Crippen LogP contribution in [0.5, 0.6) is 0 Å². The molecule has 30 heavy (non-hydrogen) atoms. The monoisotopic (exact) mass is 478 g/mol. The number of halogens is 1. The quantitative estimate of drug-likeness (QED) is 0.582. The first kappa shape index (κ1) is 24.0. The Bertz CT molecular complexity index is 863. The molecular formula is C21H31BrN6O2. The topological polar surface area (TPSA) is 74.6 Å². The molecule has 2 rings (SSSR count). The number of aromatic nitrogens is 3. The maximum Gasteiger partial charge on any atom is 0.255 e. The standard InChI is InChI=1S/C21H31BrN6O2/c1-21(2,3)13-25(4)12-19(29)26(5)9-10-27(6)20(30)17-8-7-16(22)11-18(17)28-15-23-14-24-28/h7-8,11,14-15H,9-10,12-13H2,1-6H3. The maximum atomic E-state index is 13.0. The van der Waals surface area contributed by atoms with Gasteiger partial charge in [0.25, 0.3) is 5.91 Å². The summed E-state index contributed by atoms with van der Waals surface area (Å²) >= 11 is 3.44. The van der Waals surface area contributed by atoms with Gasteiger partial charge in [0, 0.05) is 38.2 Å². The molecule has 0 saturated heterocycles. The number of amides is 2. The van der Waals surface area contributed by atoms with Crippen molar-refractivity contribution in [1.29, 1.82) is 0 Å². The van der Waals surface area contributed by atoms with Crippen molar-refractivity contribution in [2.75, 3.05) is 47.3 Å². The predicted octanol–water partition coefficient (Wildman–Crippen LogP) is 2.54. The summed E-state index contributed by atoms with van der Waals surface area (Å²) in [5.74, 6) is -0.103. The lowest BCUT2D eigenvalue weighted by Crippen LogP contribution is -2.42. The molecule has 1 aromatic carbocycles. The van der Waals surface area contributed by atoms with Crippen molar-refractivity contribution in [3.05, 3.63) is 40.9 Å². The lowest BCUT2D eigenvalue weighted by Gasteiger charge is -2.28. The van der Waals surface area contributed by atoms with E-state index in [2.05, 4.69) is 46.8 Å². The van der Waals surface area contributed by atoms with Crippen LogP contribution in [0.2, 0.25) is 0 Å². The van der Waals surface area contributed by atoms with E-state index in [0.29, 0.717) is 30.9 Å². The molecule has 0 spiro atoms. The molecule has 0 saturated carbocycles. The fraction of sp³-hybridized carbons (Fsp3) is 0.524. The number of nitrogens with zero attached hydrogens (tertiary/aromatic N) is 6. The van der Waals surface area contributed by atoms with Gasteiger partial charge in [0.05, 0.1) is 17.8 Å². The summed E-state index contributed by atoms with van der Waals surface area (Å²) in [5.41, 5.74) is 1.30. The van der Waals surface area contributed by atoms with Gasteiger partial charge in [0.2, 0.25) is 5.91 Å². The van der Waals surface area contributed by atoms with Crippen LogP contribution in [0.1, 0.15) is 31.1 Å². The van der Waals surface area contributed by atoms with E-state index in [9.17, 15) is 9.59 Å². The minimum absolute atomic E-state index is 0.0366. The first-order valence-electron chi connectivity index (χ1n) is 9.80. The molecule has 0 aliphatic rings. The molecule has 0 aliphatic heterocycles. The van der Waals surface area contributed by atoms with Crippen molar-refractivity contribution in [1.82, 2.24) is 29.5 Å². The number of carbonyl (C=O) groups is 2. The largest absolute Gasteiger partial charge is 0.343 e. The van der Waals surface area contributed by atoms with E-state index in [1.807, 2.05) is 24.1 Å². The zero-order valence-corrected chi connectivity index (χ0v) is 20.2. The Morgan fingerprint density at radius 1 is 1.10 bits per heavy atom. The highest BCUT2D eigenvalue weighted by atomic mass is 79.9. The third-order valence-corrected chi connectivity index (χ3v) is 5.04. The summed E-state index contributed by atoms with van der Waals surface area (Å²) in [6.45, 7) is 8.51. The van der Waals surface area contributed by atoms with E-state index >= 15 is 0 Å². The molecular weight excluding hydrogens is 448 g/mol. The van der Waals surface area contributed by atoms with Crippen molar-refractivity contribution in [2.24, 2.45) is 5.41 Å². The first-order valence-corrected chi connectivity index (χ1v) is 10.6. The number of carbonyl (C=O) groups excluding carboxylic acids is 2. The number of likely N-dealkylation sites (N-methyl/N-ethyl adjacent to an activating group) is 3. The van der Waals surface area contributed by atoms with E-state index in [0.717, 1.165) is 11.0 Å². The van der Waals surface area contributed by atoms with Gasteiger partial charge in [-0.15, -0.1) is 0 Å². The molecule has 1 heterocycles. The van der Waals surface area contributed by atoms with Crippen LogP contribution < -0.4 is 0 Å². The summed E-state index contributed by atoms with van der Waals surface area (Å²) in [6, 6.07) is 5.41. The Labute approximate surface area is 187 Å². The van der Waals surface area contributed by atoms with Crippen LogP contribution in [-0.2, 0) is 4.79 Å². The predicted molar refractivity (Wildman–Crippen MR) is 121 cm³/mol. The van der Waals surface area contributed by atoms with E-state index in [1.54, 1.807) is 41.0 Å². The van der Waals surface area contributed by atoms with Gasteiger partial charge in [-0.1, -0.05) is 36.7 Å². The maximum absolute atomic E-state index is 13.0. The van der Waals surface area contributed by atoms with Gasteiger partial charge in [-0.2, -0.15) is 5.10 Å². The zero-order chi connectivity index (χ0) is 22.5. The molecule has 0 unspecified atom stereocenters. The summed E-state index contributed by atoms with van der Waals surface area (Å²) < 4.78 is 2.41.